The van der Waals surface area contributed by atoms with Crippen molar-refractivity contribution in [3.63, 3.8) is 0 Å². The summed E-state index contributed by atoms with van der Waals surface area (Å²) >= 11 is 1.59. The van der Waals surface area contributed by atoms with E-state index in [-0.39, 0.29) is 5.84 Å². The highest BCUT2D eigenvalue weighted by molar-refractivity contribution is 7.98. The minimum Gasteiger partial charge on any atom is -0.491 e. The molecule has 5 heteroatoms. The smallest absolute Gasteiger partial charge is 0.131 e. The van der Waals surface area contributed by atoms with Crippen LogP contribution in [-0.4, -0.2) is 43.2 Å². The zero-order valence-electron chi connectivity index (χ0n) is 11.3. The Bertz CT molecular complexity index is 444. The van der Waals surface area contributed by atoms with Crippen molar-refractivity contribution >= 4 is 17.6 Å². The topological polar surface area (TPSA) is 62.3 Å². The molecule has 1 aromatic carbocycles. The fourth-order valence-electron chi connectivity index (χ4n) is 2.36. The molecule has 1 saturated heterocycles. The van der Waals surface area contributed by atoms with Crippen molar-refractivity contribution in [1.29, 1.82) is 5.41 Å². The van der Waals surface area contributed by atoms with E-state index in [0.29, 0.717) is 6.61 Å². The summed E-state index contributed by atoms with van der Waals surface area (Å²) in [6, 6.07) is 5.80. The van der Waals surface area contributed by atoms with Crippen LogP contribution in [0.1, 0.15) is 18.4 Å². The third-order valence-electron chi connectivity index (χ3n) is 3.34. The highest BCUT2D eigenvalue weighted by atomic mass is 32.2. The molecule has 104 valence electrons. The fraction of sp³-hybridized carbons (Fsp3) is 0.500. The molecule has 0 amide bonds. The maximum absolute atomic E-state index is 7.70. The summed E-state index contributed by atoms with van der Waals surface area (Å²) in [6.07, 6.45) is 4.57. The van der Waals surface area contributed by atoms with Crippen molar-refractivity contribution in [2.45, 2.75) is 17.7 Å². The summed E-state index contributed by atoms with van der Waals surface area (Å²) in [4.78, 5) is 3.40. The first kappa shape index (κ1) is 14.2. The Kier molecular flexibility index (Phi) is 5.10. The number of thioether (sulfide) groups is 1. The van der Waals surface area contributed by atoms with Gasteiger partial charge in [-0.1, -0.05) is 6.07 Å². The second-order valence-electron chi connectivity index (χ2n) is 4.64. The molecule has 1 heterocycles. The molecule has 0 radical (unpaired) electrons. The van der Waals surface area contributed by atoms with Crippen molar-refractivity contribution in [3.05, 3.63) is 23.8 Å². The van der Waals surface area contributed by atoms with E-state index in [2.05, 4.69) is 4.90 Å². The van der Waals surface area contributed by atoms with Gasteiger partial charge in [0.25, 0.3) is 0 Å². The maximum Gasteiger partial charge on any atom is 0.131 e. The molecule has 0 unspecified atom stereocenters. The van der Waals surface area contributed by atoms with E-state index in [1.165, 1.54) is 25.9 Å². The summed E-state index contributed by atoms with van der Waals surface area (Å²) in [5.41, 5.74) is 6.38. The molecule has 1 aromatic rings. The van der Waals surface area contributed by atoms with Crippen molar-refractivity contribution in [2.75, 3.05) is 32.5 Å². The summed E-state index contributed by atoms with van der Waals surface area (Å²) < 4.78 is 5.83. The number of nitrogens with one attached hydrogen (secondary N) is 1. The lowest BCUT2D eigenvalue weighted by atomic mass is 10.2. The van der Waals surface area contributed by atoms with Crippen LogP contribution in [0.2, 0.25) is 0 Å². The van der Waals surface area contributed by atoms with Gasteiger partial charge < -0.3 is 10.5 Å². The molecular weight excluding hydrogens is 258 g/mol. The molecule has 1 aliphatic rings. The van der Waals surface area contributed by atoms with E-state index in [4.69, 9.17) is 15.9 Å². The van der Waals surface area contributed by atoms with Crippen LogP contribution in [0.15, 0.2) is 23.1 Å². The molecule has 0 aliphatic carbocycles. The highest BCUT2D eigenvalue weighted by Crippen LogP contribution is 2.28. The number of ether oxygens (including phenoxy) is 1. The van der Waals surface area contributed by atoms with Gasteiger partial charge in [0.2, 0.25) is 0 Å². The number of hydrogen-bond acceptors (Lipinski definition) is 4. The van der Waals surface area contributed by atoms with Crippen LogP contribution >= 0.6 is 11.8 Å². The van der Waals surface area contributed by atoms with Gasteiger partial charge in [-0.2, -0.15) is 0 Å². The summed E-state index contributed by atoms with van der Waals surface area (Å²) in [5.74, 6) is 0.791. The van der Waals surface area contributed by atoms with Crippen LogP contribution in [0, 0.1) is 5.41 Å². The molecule has 0 aromatic heterocycles. The highest BCUT2D eigenvalue weighted by Gasteiger charge is 2.14. The van der Waals surface area contributed by atoms with Gasteiger partial charge in [-0.05, 0) is 44.3 Å². The number of hydrogen-bond donors (Lipinski definition) is 2. The van der Waals surface area contributed by atoms with Gasteiger partial charge in [0, 0.05) is 11.4 Å². The number of rotatable bonds is 6. The zero-order chi connectivity index (χ0) is 13.7. The molecule has 19 heavy (non-hydrogen) atoms. The number of nitrogens with zero attached hydrogens (tertiary/aromatic N) is 1. The summed E-state index contributed by atoms with van der Waals surface area (Å²) in [6.45, 7) is 3.94. The first-order valence-corrected chi connectivity index (χ1v) is 7.81. The Morgan fingerprint density at radius 1 is 1.42 bits per heavy atom. The zero-order valence-corrected chi connectivity index (χ0v) is 12.1. The minimum absolute atomic E-state index is 0.0705. The average Bonchev–Trinajstić information content (AvgIpc) is 2.91. The van der Waals surface area contributed by atoms with Gasteiger partial charge >= 0.3 is 0 Å². The minimum atomic E-state index is 0.0705. The lowest BCUT2D eigenvalue weighted by Gasteiger charge is -2.17. The normalized spacial score (nSPS) is 15.6. The molecule has 0 bridgehead atoms. The van der Waals surface area contributed by atoms with Gasteiger partial charge in [0.15, 0.2) is 0 Å². The number of nitrogens with two attached hydrogens (primary N) is 1. The lowest BCUT2D eigenvalue weighted by Crippen LogP contribution is -2.25. The first-order valence-electron chi connectivity index (χ1n) is 6.59. The van der Waals surface area contributed by atoms with Crippen molar-refractivity contribution in [1.82, 2.24) is 4.90 Å². The van der Waals surface area contributed by atoms with Crippen LogP contribution in [0.4, 0.5) is 0 Å². The van der Waals surface area contributed by atoms with Crippen molar-refractivity contribution in [2.24, 2.45) is 5.73 Å². The SMILES string of the molecule is CSc1cccc(OCCN2CCCC2)c1C(=N)N. The van der Waals surface area contributed by atoms with Crippen LogP contribution in [-0.2, 0) is 0 Å². The molecule has 1 fully saturated rings. The van der Waals surface area contributed by atoms with Crippen LogP contribution in [0.5, 0.6) is 5.75 Å². The van der Waals surface area contributed by atoms with E-state index in [9.17, 15) is 0 Å². The Morgan fingerprint density at radius 3 is 2.79 bits per heavy atom. The molecule has 0 atom stereocenters. The second kappa shape index (κ2) is 6.82. The molecule has 0 spiro atoms. The molecular formula is C14H21N3OS. The average molecular weight is 279 g/mol. The van der Waals surface area contributed by atoms with Crippen LogP contribution in [0.25, 0.3) is 0 Å². The summed E-state index contributed by atoms with van der Waals surface area (Å²) in [7, 11) is 0. The van der Waals surface area contributed by atoms with E-state index in [0.717, 1.165) is 22.8 Å². The first-order chi connectivity index (χ1) is 9.22. The molecule has 2 rings (SSSR count). The van der Waals surface area contributed by atoms with Gasteiger partial charge in [-0.25, -0.2) is 0 Å². The van der Waals surface area contributed by atoms with E-state index in [1.807, 2.05) is 24.5 Å². The van der Waals surface area contributed by atoms with E-state index in [1.54, 1.807) is 11.8 Å². The fourth-order valence-corrected chi connectivity index (χ4v) is 2.99. The van der Waals surface area contributed by atoms with Gasteiger partial charge in [-0.3, -0.25) is 10.3 Å². The van der Waals surface area contributed by atoms with Gasteiger partial charge in [0.05, 0.1) is 5.56 Å². The molecule has 4 nitrogen and oxygen atoms in total. The Hall–Kier alpha value is -1.20. The quantitative estimate of drug-likeness (QED) is 0.476. The number of nitrogen functional groups attached to an aromatic ring is 1. The van der Waals surface area contributed by atoms with Crippen molar-refractivity contribution in [3.8, 4) is 5.75 Å². The number of benzene rings is 1. The Balaban J connectivity index is 2.00. The monoisotopic (exact) mass is 279 g/mol. The Morgan fingerprint density at radius 2 is 2.16 bits per heavy atom. The third-order valence-corrected chi connectivity index (χ3v) is 4.12. The van der Waals surface area contributed by atoms with E-state index >= 15 is 0 Å². The molecule has 0 saturated carbocycles. The predicted molar refractivity (Wildman–Crippen MR) is 80.4 cm³/mol. The third kappa shape index (κ3) is 3.64. The van der Waals surface area contributed by atoms with Crippen molar-refractivity contribution < 1.29 is 4.74 Å². The maximum atomic E-state index is 7.70. The predicted octanol–water partition coefficient (Wildman–Crippen LogP) is 2.17. The lowest BCUT2D eigenvalue weighted by molar-refractivity contribution is 0.237. The number of likely N-dealkylation sites (tertiary alicyclic amines) is 1. The molecule has 1 aliphatic heterocycles. The summed E-state index contributed by atoms with van der Waals surface area (Å²) in [5, 5.41) is 7.70. The van der Waals surface area contributed by atoms with Gasteiger partial charge in [-0.15, -0.1) is 11.8 Å². The van der Waals surface area contributed by atoms with Crippen LogP contribution < -0.4 is 10.5 Å². The number of amidine groups is 1. The van der Waals surface area contributed by atoms with Gasteiger partial charge in [0.1, 0.15) is 18.2 Å². The largest absolute Gasteiger partial charge is 0.491 e. The van der Waals surface area contributed by atoms with Crippen LogP contribution in [0.3, 0.4) is 0 Å². The van der Waals surface area contributed by atoms with E-state index < -0.39 is 0 Å². The second-order valence-corrected chi connectivity index (χ2v) is 5.49. The Labute approximate surface area is 118 Å². The standard InChI is InChI=1S/C14H21N3OS/c1-19-12-6-4-5-11(13(12)14(15)16)18-10-9-17-7-2-3-8-17/h4-6H,2-3,7-10H2,1H3,(H3,15,16). The molecule has 3 N–H and O–H groups in total.